The van der Waals surface area contributed by atoms with Gasteiger partial charge in [0.05, 0.1) is 6.54 Å². The first-order valence-corrected chi connectivity index (χ1v) is 6.93. The van der Waals surface area contributed by atoms with E-state index >= 15 is 0 Å². The van der Waals surface area contributed by atoms with Crippen LogP contribution in [0.2, 0.25) is 0 Å². The lowest BCUT2D eigenvalue weighted by molar-refractivity contribution is -0.138. The predicted octanol–water partition coefficient (Wildman–Crippen LogP) is 1.01. The molecule has 0 bridgehead atoms. The molecule has 1 aromatic heterocycles. The highest BCUT2D eigenvalue weighted by Gasteiger charge is 2.21. The number of halogens is 1. The summed E-state index contributed by atoms with van der Waals surface area (Å²) in [5.41, 5.74) is 0.554. The largest absolute Gasteiger partial charge is 0.480 e. The molecule has 1 saturated heterocycles. The number of carboxylic acids is 1. The molecule has 0 aliphatic carbocycles. The van der Waals surface area contributed by atoms with Crippen LogP contribution in [0, 0.1) is 0 Å². The molecule has 6 nitrogen and oxygen atoms in total. The van der Waals surface area contributed by atoms with E-state index in [9.17, 15) is 9.59 Å². The van der Waals surface area contributed by atoms with Gasteiger partial charge in [-0.2, -0.15) is 0 Å². The number of amides is 1. The van der Waals surface area contributed by atoms with Crippen molar-refractivity contribution in [2.45, 2.75) is 6.42 Å². The number of hydrogen-bond donors (Lipinski definition) is 2. The molecular weight excluding hydrogens is 314 g/mol. The molecule has 2 heterocycles. The number of H-pyrrole nitrogens is 1. The Bertz CT molecular complexity index is 475. The monoisotopic (exact) mass is 329 g/mol. The zero-order valence-electron chi connectivity index (χ0n) is 10.4. The summed E-state index contributed by atoms with van der Waals surface area (Å²) >= 11 is 3.30. The molecule has 104 valence electrons. The van der Waals surface area contributed by atoms with E-state index in [-0.39, 0.29) is 12.5 Å². The third-order valence-electron chi connectivity index (χ3n) is 3.11. The average Bonchev–Trinajstić information content (AvgIpc) is 2.65. The van der Waals surface area contributed by atoms with Gasteiger partial charge in [0.15, 0.2) is 0 Å². The van der Waals surface area contributed by atoms with Crippen molar-refractivity contribution in [1.29, 1.82) is 0 Å². The van der Waals surface area contributed by atoms with Gasteiger partial charge in [-0.05, 0) is 28.4 Å². The van der Waals surface area contributed by atoms with Crippen LogP contribution in [-0.4, -0.2) is 64.5 Å². The van der Waals surface area contributed by atoms with E-state index in [1.165, 1.54) is 0 Å². The van der Waals surface area contributed by atoms with Gasteiger partial charge in [-0.25, -0.2) is 0 Å². The Morgan fingerprint density at radius 1 is 1.32 bits per heavy atom. The number of nitrogens with zero attached hydrogens (tertiary/aromatic N) is 2. The van der Waals surface area contributed by atoms with Gasteiger partial charge >= 0.3 is 5.97 Å². The molecule has 0 aromatic carbocycles. The van der Waals surface area contributed by atoms with Crippen LogP contribution in [-0.2, 0) is 4.79 Å². The van der Waals surface area contributed by atoms with Crippen molar-refractivity contribution in [2.24, 2.45) is 0 Å². The van der Waals surface area contributed by atoms with Gasteiger partial charge in [-0.1, -0.05) is 0 Å². The quantitative estimate of drug-likeness (QED) is 0.867. The van der Waals surface area contributed by atoms with E-state index < -0.39 is 5.97 Å². The SMILES string of the molecule is O=C(O)CN1CCCN(C(=O)c2cc(Br)c[nH]2)CC1. The molecule has 2 N–H and O–H groups in total. The Morgan fingerprint density at radius 3 is 2.74 bits per heavy atom. The van der Waals surface area contributed by atoms with E-state index in [0.29, 0.717) is 31.9 Å². The summed E-state index contributed by atoms with van der Waals surface area (Å²) in [6.07, 6.45) is 2.52. The van der Waals surface area contributed by atoms with Crippen molar-refractivity contribution in [1.82, 2.24) is 14.8 Å². The zero-order valence-corrected chi connectivity index (χ0v) is 12.0. The maximum absolute atomic E-state index is 12.2. The van der Waals surface area contributed by atoms with Gasteiger partial charge in [-0.15, -0.1) is 0 Å². The normalized spacial score (nSPS) is 17.2. The molecule has 1 amide bonds. The number of carbonyl (C=O) groups is 2. The van der Waals surface area contributed by atoms with Crippen molar-refractivity contribution < 1.29 is 14.7 Å². The van der Waals surface area contributed by atoms with Crippen molar-refractivity contribution in [3.05, 3.63) is 22.4 Å². The van der Waals surface area contributed by atoms with Crippen LogP contribution in [0.25, 0.3) is 0 Å². The van der Waals surface area contributed by atoms with E-state index in [2.05, 4.69) is 20.9 Å². The second-order valence-corrected chi connectivity index (χ2v) is 5.46. The van der Waals surface area contributed by atoms with Gasteiger partial charge in [0.1, 0.15) is 5.69 Å². The predicted molar refractivity (Wildman–Crippen MR) is 73.1 cm³/mol. The van der Waals surface area contributed by atoms with E-state index in [0.717, 1.165) is 10.9 Å². The molecule has 2 rings (SSSR count). The third kappa shape index (κ3) is 3.81. The highest BCUT2D eigenvalue weighted by molar-refractivity contribution is 9.10. The standard InChI is InChI=1S/C12H16BrN3O3/c13-9-6-10(14-7-9)12(19)16-3-1-2-15(4-5-16)8-11(17)18/h6-7,14H,1-5,8H2,(H,17,18). The number of hydrogen-bond acceptors (Lipinski definition) is 3. The van der Waals surface area contributed by atoms with Crippen molar-refractivity contribution in [3.8, 4) is 0 Å². The van der Waals surface area contributed by atoms with Crippen LogP contribution in [0.1, 0.15) is 16.9 Å². The van der Waals surface area contributed by atoms with Crippen molar-refractivity contribution >= 4 is 27.8 Å². The van der Waals surface area contributed by atoms with Crippen LogP contribution < -0.4 is 0 Å². The summed E-state index contributed by atoms with van der Waals surface area (Å²) in [6, 6.07) is 1.75. The lowest BCUT2D eigenvalue weighted by Crippen LogP contribution is -2.36. The third-order valence-corrected chi connectivity index (χ3v) is 3.57. The summed E-state index contributed by atoms with van der Waals surface area (Å²) in [4.78, 5) is 29.5. The molecule has 0 atom stereocenters. The van der Waals surface area contributed by atoms with Crippen molar-refractivity contribution in [2.75, 3.05) is 32.7 Å². The lowest BCUT2D eigenvalue weighted by atomic mass is 10.3. The first-order valence-electron chi connectivity index (χ1n) is 6.13. The molecular formula is C12H16BrN3O3. The molecule has 1 aliphatic rings. The first-order chi connectivity index (χ1) is 9.06. The number of carbonyl (C=O) groups excluding carboxylic acids is 1. The molecule has 0 unspecified atom stereocenters. The average molecular weight is 330 g/mol. The number of aliphatic carboxylic acids is 1. The fourth-order valence-corrected chi connectivity index (χ4v) is 2.53. The molecule has 0 spiro atoms. The number of nitrogens with one attached hydrogen (secondary N) is 1. The van der Waals surface area contributed by atoms with Crippen LogP contribution in [0.15, 0.2) is 16.7 Å². The van der Waals surface area contributed by atoms with Crippen LogP contribution in [0.3, 0.4) is 0 Å². The smallest absolute Gasteiger partial charge is 0.317 e. The van der Waals surface area contributed by atoms with Gasteiger partial charge in [-0.3, -0.25) is 14.5 Å². The molecule has 1 aliphatic heterocycles. The van der Waals surface area contributed by atoms with E-state index in [1.807, 2.05) is 4.90 Å². The Labute approximate surface area is 119 Å². The minimum Gasteiger partial charge on any atom is -0.480 e. The van der Waals surface area contributed by atoms with Gasteiger partial charge in [0.2, 0.25) is 0 Å². The second kappa shape index (κ2) is 6.21. The number of aromatic amines is 1. The Kier molecular flexibility index (Phi) is 4.60. The zero-order chi connectivity index (χ0) is 13.8. The fourth-order valence-electron chi connectivity index (χ4n) is 2.19. The van der Waals surface area contributed by atoms with Gasteiger partial charge in [0.25, 0.3) is 5.91 Å². The van der Waals surface area contributed by atoms with E-state index in [1.54, 1.807) is 17.2 Å². The molecule has 7 heteroatoms. The summed E-state index contributed by atoms with van der Waals surface area (Å²) in [5.74, 6) is -0.865. The molecule has 0 saturated carbocycles. The Morgan fingerprint density at radius 2 is 2.11 bits per heavy atom. The summed E-state index contributed by atoms with van der Waals surface area (Å²) in [7, 11) is 0. The molecule has 0 radical (unpaired) electrons. The Hall–Kier alpha value is -1.34. The first kappa shape index (κ1) is 14.1. The Balaban J connectivity index is 1.95. The maximum Gasteiger partial charge on any atom is 0.317 e. The van der Waals surface area contributed by atoms with Gasteiger partial charge < -0.3 is 15.0 Å². The fraction of sp³-hybridized carbons (Fsp3) is 0.500. The summed E-state index contributed by atoms with van der Waals surface area (Å²) < 4.78 is 0.846. The lowest BCUT2D eigenvalue weighted by Gasteiger charge is -2.20. The van der Waals surface area contributed by atoms with E-state index in [4.69, 9.17) is 5.11 Å². The number of aromatic nitrogens is 1. The molecule has 1 fully saturated rings. The maximum atomic E-state index is 12.2. The van der Waals surface area contributed by atoms with Crippen molar-refractivity contribution in [3.63, 3.8) is 0 Å². The molecule has 1 aromatic rings. The number of rotatable bonds is 3. The van der Waals surface area contributed by atoms with Crippen LogP contribution in [0.5, 0.6) is 0 Å². The minimum absolute atomic E-state index is 0.0378. The van der Waals surface area contributed by atoms with Crippen LogP contribution >= 0.6 is 15.9 Å². The second-order valence-electron chi connectivity index (χ2n) is 4.55. The highest BCUT2D eigenvalue weighted by atomic mass is 79.9. The van der Waals surface area contributed by atoms with Crippen LogP contribution in [0.4, 0.5) is 0 Å². The summed E-state index contributed by atoms with van der Waals surface area (Å²) in [5, 5.41) is 8.78. The minimum atomic E-state index is -0.826. The highest BCUT2D eigenvalue weighted by Crippen LogP contribution is 2.13. The number of carboxylic acid groups (broad SMARTS) is 1. The summed E-state index contributed by atoms with van der Waals surface area (Å²) in [6.45, 7) is 2.56. The van der Waals surface area contributed by atoms with Gasteiger partial charge in [0, 0.05) is 36.8 Å². The topological polar surface area (TPSA) is 76.6 Å². The molecule has 19 heavy (non-hydrogen) atoms.